The number of nitrogens with zero attached hydrogens (tertiary/aromatic N) is 2. The standard InChI is InChI=1S/C16H20N4S/c1-11-15(21-10-19-11)9-18-16(17)20-14-8-4-6-12-5-2-3-7-13(12)14/h4,6,8,10H,2-3,5,7,9H2,1H3,(H3,17,18,20). The van der Waals surface area contributed by atoms with Crippen LogP contribution in [0.2, 0.25) is 0 Å². The fraction of sp³-hybridized carbons (Fsp3) is 0.375. The summed E-state index contributed by atoms with van der Waals surface area (Å²) in [5, 5.41) is 3.26. The van der Waals surface area contributed by atoms with E-state index in [-0.39, 0.29) is 0 Å². The van der Waals surface area contributed by atoms with Crippen molar-refractivity contribution in [3.8, 4) is 0 Å². The Morgan fingerprint density at radius 3 is 3.05 bits per heavy atom. The Morgan fingerprint density at radius 2 is 2.24 bits per heavy atom. The molecule has 0 unspecified atom stereocenters. The van der Waals surface area contributed by atoms with E-state index in [9.17, 15) is 0 Å². The molecule has 0 atom stereocenters. The molecule has 1 heterocycles. The van der Waals surface area contributed by atoms with Gasteiger partial charge in [-0.1, -0.05) is 12.1 Å². The number of fused-ring (bicyclic) bond motifs is 1. The topological polar surface area (TPSA) is 63.3 Å². The summed E-state index contributed by atoms with van der Waals surface area (Å²) in [4.78, 5) is 9.81. The number of benzene rings is 1. The number of nitrogens with one attached hydrogen (secondary N) is 1. The average molecular weight is 300 g/mol. The van der Waals surface area contributed by atoms with Crippen LogP contribution in [0.4, 0.5) is 5.69 Å². The number of thiazole rings is 1. The monoisotopic (exact) mass is 300 g/mol. The van der Waals surface area contributed by atoms with Crippen molar-refractivity contribution in [2.45, 2.75) is 39.2 Å². The number of anilines is 1. The first-order valence-electron chi connectivity index (χ1n) is 7.30. The van der Waals surface area contributed by atoms with Gasteiger partial charge < -0.3 is 11.1 Å². The molecule has 0 saturated carbocycles. The van der Waals surface area contributed by atoms with E-state index in [1.165, 1.54) is 30.4 Å². The zero-order valence-corrected chi connectivity index (χ0v) is 13.0. The van der Waals surface area contributed by atoms with E-state index in [0.29, 0.717) is 12.5 Å². The van der Waals surface area contributed by atoms with Crippen molar-refractivity contribution >= 4 is 23.0 Å². The lowest BCUT2D eigenvalue weighted by Gasteiger charge is -2.19. The highest BCUT2D eigenvalue weighted by molar-refractivity contribution is 7.09. The summed E-state index contributed by atoms with van der Waals surface area (Å²) in [5.41, 5.74) is 12.9. The van der Waals surface area contributed by atoms with Crippen LogP contribution >= 0.6 is 11.3 Å². The smallest absolute Gasteiger partial charge is 0.193 e. The molecule has 0 fully saturated rings. The number of nitrogens with two attached hydrogens (primary N) is 1. The molecule has 1 aliphatic rings. The van der Waals surface area contributed by atoms with Gasteiger partial charge in [0.05, 0.1) is 17.7 Å². The van der Waals surface area contributed by atoms with Crippen LogP contribution in [-0.4, -0.2) is 10.9 Å². The van der Waals surface area contributed by atoms with Crippen molar-refractivity contribution in [2.24, 2.45) is 10.7 Å². The molecule has 1 aliphatic carbocycles. The van der Waals surface area contributed by atoms with E-state index < -0.39 is 0 Å². The first kappa shape index (κ1) is 14.1. The maximum atomic E-state index is 6.03. The Labute approximate surface area is 129 Å². The average Bonchev–Trinajstić information content (AvgIpc) is 2.91. The van der Waals surface area contributed by atoms with Crippen molar-refractivity contribution in [3.05, 3.63) is 45.4 Å². The van der Waals surface area contributed by atoms with Crippen LogP contribution in [0.5, 0.6) is 0 Å². The van der Waals surface area contributed by atoms with E-state index in [2.05, 4.69) is 33.5 Å². The number of rotatable bonds is 3. The van der Waals surface area contributed by atoms with E-state index in [1.807, 2.05) is 12.4 Å². The quantitative estimate of drug-likeness (QED) is 0.675. The summed E-state index contributed by atoms with van der Waals surface area (Å²) in [6.07, 6.45) is 4.83. The lowest BCUT2D eigenvalue weighted by atomic mass is 9.90. The van der Waals surface area contributed by atoms with Crippen LogP contribution in [0.25, 0.3) is 0 Å². The van der Waals surface area contributed by atoms with Gasteiger partial charge in [-0.3, -0.25) is 0 Å². The first-order chi connectivity index (χ1) is 10.2. The third-order valence-electron chi connectivity index (χ3n) is 3.90. The summed E-state index contributed by atoms with van der Waals surface area (Å²) in [7, 11) is 0. The molecule has 0 bridgehead atoms. The van der Waals surface area contributed by atoms with Gasteiger partial charge in [-0.25, -0.2) is 9.98 Å². The van der Waals surface area contributed by atoms with Gasteiger partial charge in [0.2, 0.25) is 0 Å². The van der Waals surface area contributed by atoms with Gasteiger partial charge in [-0.2, -0.15) is 0 Å². The molecule has 1 aromatic carbocycles. The minimum Gasteiger partial charge on any atom is -0.370 e. The summed E-state index contributed by atoms with van der Waals surface area (Å²) in [5.74, 6) is 0.474. The molecule has 3 N–H and O–H groups in total. The number of aliphatic imine (C=N–C) groups is 1. The predicted octanol–water partition coefficient (Wildman–Crippen LogP) is 3.26. The highest BCUT2D eigenvalue weighted by Gasteiger charge is 2.13. The summed E-state index contributed by atoms with van der Waals surface area (Å²) >= 11 is 1.62. The molecule has 0 spiro atoms. The van der Waals surface area contributed by atoms with Crippen LogP contribution in [0.15, 0.2) is 28.7 Å². The Bertz CT molecular complexity index is 660. The third kappa shape index (κ3) is 3.24. The largest absolute Gasteiger partial charge is 0.370 e. The van der Waals surface area contributed by atoms with Crippen LogP contribution in [-0.2, 0) is 19.4 Å². The van der Waals surface area contributed by atoms with Crippen LogP contribution in [0, 0.1) is 6.92 Å². The Kier molecular flexibility index (Phi) is 4.20. The number of aryl methyl sites for hydroxylation is 2. The SMILES string of the molecule is Cc1ncsc1CN=C(N)Nc1cccc2c1CCCC2. The predicted molar refractivity (Wildman–Crippen MR) is 88.9 cm³/mol. The maximum absolute atomic E-state index is 6.03. The van der Waals surface area contributed by atoms with Gasteiger partial charge in [-0.05, 0) is 49.8 Å². The van der Waals surface area contributed by atoms with E-state index in [4.69, 9.17) is 5.73 Å². The van der Waals surface area contributed by atoms with Gasteiger partial charge in [0.1, 0.15) is 0 Å². The highest BCUT2D eigenvalue weighted by atomic mass is 32.1. The van der Waals surface area contributed by atoms with E-state index in [0.717, 1.165) is 22.7 Å². The molecule has 21 heavy (non-hydrogen) atoms. The van der Waals surface area contributed by atoms with Crippen LogP contribution < -0.4 is 11.1 Å². The molecular formula is C16H20N4S. The summed E-state index contributed by atoms with van der Waals surface area (Å²) < 4.78 is 0. The number of aromatic nitrogens is 1. The molecule has 110 valence electrons. The second-order valence-corrected chi connectivity index (χ2v) is 6.28. The lowest BCUT2D eigenvalue weighted by Crippen LogP contribution is -2.24. The number of hydrogen-bond donors (Lipinski definition) is 2. The zero-order chi connectivity index (χ0) is 14.7. The molecule has 0 saturated heterocycles. The molecule has 4 nitrogen and oxygen atoms in total. The molecular weight excluding hydrogens is 280 g/mol. The normalized spacial score (nSPS) is 14.8. The van der Waals surface area contributed by atoms with Crippen LogP contribution in [0.1, 0.15) is 34.5 Å². The van der Waals surface area contributed by atoms with E-state index in [1.54, 1.807) is 11.3 Å². The fourth-order valence-electron chi connectivity index (χ4n) is 2.71. The van der Waals surface area contributed by atoms with Gasteiger partial charge in [0, 0.05) is 10.6 Å². The number of hydrogen-bond acceptors (Lipinski definition) is 3. The molecule has 3 rings (SSSR count). The highest BCUT2D eigenvalue weighted by Crippen LogP contribution is 2.27. The molecule has 0 radical (unpaired) electrons. The minimum atomic E-state index is 0.474. The zero-order valence-electron chi connectivity index (χ0n) is 12.2. The van der Waals surface area contributed by atoms with Gasteiger partial charge in [0.25, 0.3) is 0 Å². The molecule has 2 aromatic rings. The molecule has 1 aromatic heterocycles. The third-order valence-corrected chi connectivity index (χ3v) is 4.82. The minimum absolute atomic E-state index is 0.474. The second-order valence-electron chi connectivity index (χ2n) is 5.34. The maximum Gasteiger partial charge on any atom is 0.193 e. The lowest BCUT2D eigenvalue weighted by molar-refractivity contribution is 0.687. The van der Waals surface area contributed by atoms with Crippen molar-refractivity contribution in [1.29, 1.82) is 0 Å². The van der Waals surface area contributed by atoms with Gasteiger partial charge in [-0.15, -0.1) is 11.3 Å². The van der Waals surface area contributed by atoms with Gasteiger partial charge >= 0.3 is 0 Å². The number of guanidine groups is 1. The van der Waals surface area contributed by atoms with Crippen molar-refractivity contribution < 1.29 is 0 Å². The second kappa shape index (κ2) is 6.26. The fourth-order valence-corrected chi connectivity index (χ4v) is 3.41. The van der Waals surface area contributed by atoms with Crippen molar-refractivity contribution in [1.82, 2.24) is 4.98 Å². The van der Waals surface area contributed by atoms with Crippen molar-refractivity contribution in [3.63, 3.8) is 0 Å². The van der Waals surface area contributed by atoms with Crippen molar-refractivity contribution in [2.75, 3.05) is 5.32 Å². The Balaban J connectivity index is 1.73. The molecule has 5 heteroatoms. The van der Waals surface area contributed by atoms with Crippen LogP contribution in [0.3, 0.4) is 0 Å². The Morgan fingerprint density at radius 1 is 1.38 bits per heavy atom. The Hall–Kier alpha value is -1.88. The van der Waals surface area contributed by atoms with E-state index >= 15 is 0 Å². The summed E-state index contributed by atoms with van der Waals surface area (Å²) in [6, 6.07) is 6.39. The molecule has 0 aliphatic heterocycles. The van der Waals surface area contributed by atoms with Gasteiger partial charge in [0.15, 0.2) is 5.96 Å². The molecule has 0 amide bonds. The summed E-state index contributed by atoms with van der Waals surface area (Å²) in [6.45, 7) is 2.59. The first-order valence-corrected chi connectivity index (χ1v) is 8.18.